The second-order valence-corrected chi connectivity index (χ2v) is 6.17. The third-order valence-corrected chi connectivity index (χ3v) is 4.21. The number of nitrogens with one attached hydrogen (secondary N) is 1. The highest BCUT2D eigenvalue weighted by Crippen LogP contribution is 2.23. The maximum Gasteiger partial charge on any atom is 0.265 e. The second kappa shape index (κ2) is 5.58. The molecule has 2 aromatic rings. The lowest BCUT2D eigenvalue weighted by Gasteiger charge is -2.10. The molecule has 0 unspecified atom stereocenters. The average Bonchev–Trinajstić information content (AvgIpc) is 2.37. The van der Waals surface area contributed by atoms with Crippen LogP contribution in [0.5, 0.6) is 0 Å². The van der Waals surface area contributed by atoms with Crippen LogP contribution in [0.3, 0.4) is 0 Å². The predicted molar refractivity (Wildman–Crippen MR) is 79.4 cm³/mol. The smallest absolute Gasteiger partial charge is 0.265 e. The van der Waals surface area contributed by atoms with Crippen molar-refractivity contribution in [2.45, 2.75) is 4.90 Å². The highest BCUT2D eigenvalue weighted by atomic mass is 35.5. The molecule has 5 N–H and O–H groups in total. The fourth-order valence-electron chi connectivity index (χ4n) is 1.60. The van der Waals surface area contributed by atoms with Crippen molar-refractivity contribution in [1.82, 2.24) is 4.98 Å². The maximum atomic E-state index is 12.2. The lowest BCUT2D eigenvalue weighted by molar-refractivity contribution is 0.1000. The molecule has 1 aromatic heterocycles. The van der Waals surface area contributed by atoms with E-state index in [2.05, 4.69) is 9.71 Å². The molecule has 1 amide bonds. The minimum atomic E-state index is -3.95. The third-order valence-electron chi connectivity index (χ3n) is 2.54. The van der Waals surface area contributed by atoms with E-state index in [1.54, 1.807) is 0 Å². The summed E-state index contributed by atoms with van der Waals surface area (Å²) in [7, 11) is -3.95. The number of rotatable bonds is 4. The number of amides is 1. The summed E-state index contributed by atoms with van der Waals surface area (Å²) < 4.78 is 26.7. The molecule has 9 heteroatoms. The van der Waals surface area contributed by atoms with Gasteiger partial charge in [-0.3, -0.25) is 9.52 Å². The Morgan fingerprint density at radius 3 is 2.52 bits per heavy atom. The summed E-state index contributed by atoms with van der Waals surface area (Å²) in [5, 5.41) is 0.333. The Morgan fingerprint density at radius 2 is 1.95 bits per heavy atom. The number of halogens is 1. The molecule has 0 saturated heterocycles. The number of primary amides is 1. The SMILES string of the molecule is NC(=O)c1ccc(S(=O)(=O)Nc2cc(Cl)ccn2)c(N)c1. The number of carbonyl (C=O) groups is 1. The van der Waals surface area contributed by atoms with Gasteiger partial charge in [-0.1, -0.05) is 11.6 Å². The van der Waals surface area contributed by atoms with Crippen LogP contribution >= 0.6 is 11.6 Å². The first-order valence-corrected chi connectivity index (χ1v) is 7.49. The zero-order chi connectivity index (χ0) is 15.6. The average molecular weight is 327 g/mol. The lowest BCUT2D eigenvalue weighted by atomic mass is 10.2. The van der Waals surface area contributed by atoms with Crippen LogP contribution in [0, 0.1) is 0 Å². The molecule has 1 aromatic carbocycles. The zero-order valence-corrected chi connectivity index (χ0v) is 12.1. The predicted octanol–water partition coefficient (Wildman–Crippen LogP) is 1.22. The van der Waals surface area contributed by atoms with Crippen LogP contribution in [-0.4, -0.2) is 19.3 Å². The quantitative estimate of drug-likeness (QED) is 0.727. The van der Waals surface area contributed by atoms with E-state index in [1.807, 2.05) is 0 Å². The minimum absolute atomic E-state index is 0.0564. The van der Waals surface area contributed by atoms with Crippen LogP contribution in [0.1, 0.15) is 10.4 Å². The van der Waals surface area contributed by atoms with Crippen molar-refractivity contribution in [1.29, 1.82) is 0 Å². The van der Waals surface area contributed by atoms with Crippen LogP contribution in [0.2, 0.25) is 5.02 Å². The zero-order valence-electron chi connectivity index (χ0n) is 10.6. The van der Waals surface area contributed by atoms with Crippen LogP contribution in [0.15, 0.2) is 41.4 Å². The number of nitrogen functional groups attached to an aromatic ring is 1. The fraction of sp³-hybridized carbons (Fsp3) is 0. The van der Waals surface area contributed by atoms with E-state index < -0.39 is 15.9 Å². The van der Waals surface area contributed by atoms with E-state index in [1.165, 1.54) is 36.5 Å². The van der Waals surface area contributed by atoms with E-state index in [9.17, 15) is 13.2 Å². The Bertz CT molecular complexity index is 808. The molecular weight excluding hydrogens is 316 g/mol. The topological polar surface area (TPSA) is 128 Å². The number of sulfonamides is 1. The van der Waals surface area contributed by atoms with Gasteiger partial charge in [0.1, 0.15) is 10.7 Å². The summed E-state index contributed by atoms with van der Waals surface area (Å²) >= 11 is 5.76. The van der Waals surface area contributed by atoms with Crippen LogP contribution in [-0.2, 0) is 10.0 Å². The van der Waals surface area contributed by atoms with Crippen LogP contribution in [0.25, 0.3) is 0 Å². The van der Waals surface area contributed by atoms with Gasteiger partial charge in [-0.2, -0.15) is 0 Å². The molecule has 0 saturated carbocycles. The van der Waals surface area contributed by atoms with Gasteiger partial charge in [0.25, 0.3) is 10.0 Å². The van der Waals surface area contributed by atoms with Crippen LogP contribution < -0.4 is 16.2 Å². The van der Waals surface area contributed by atoms with Gasteiger partial charge in [-0.15, -0.1) is 0 Å². The molecule has 2 rings (SSSR count). The molecule has 110 valence electrons. The van der Waals surface area contributed by atoms with Gasteiger partial charge in [0.2, 0.25) is 5.91 Å². The Balaban J connectivity index is 2.38. The first kappa shape index (κ1) is 15.1. The lowest BCUT2D eigenvalue weighted by Crippen LogP contribution is -2.17. The molecule has 7 nitrogen and oxygen atoms in total. The molecule has 0 atom stereocenters. The standard InChI is InChI=1S/C12H11ClN4O3S/c13-8-3-4-16-11(6-8)17-21(19,20)10-2-1-7(12(15)18)5-9(10)14/h1-6H,14H2,(H2,15,18)(H,16,17). The van der Waals surface area contributed by atoms with Crippen molar-refractivity contribution in [3.63, 3.8) is 0 Å². The van der Waals surface area contributed by atoms with Gasteiger partial charge in [-0.05, 0) is 24.3 Å². The second-order valence-electron chi connectivity index (χ2n) is 4.08. The Hall–Kier alpha value is -2.32. The summed E-state index contributed by atoms with van der Waals surface area (Å²) in [6.07, 6.45) is 1.36. The van der Waals surface area contributed by atoms with Crippen molar-refractivity contribution in [2.75, 3.05) is 10.5 Å². The minimum Gasteiger partial charge on any atom is -0.398 e. The molecule has 0 aliphatic carbocycles. The molecule has 0 bridgehead atoms. The van der Waals surface area contributed by atoms with Crippen molar-refractivity contribution >= 4 is 39.0 Å². The van der Waals surface area contributed by atoms with Gasteiger partial charge in [-0.25, -0.2) is 13.4 Å². The molecular formula is C12H11ClN4O3S. The third kappa shape index (κ3) is 3.41. The number of aromatic nitrogens is 1. The van der Waals surface area contributed by atoms with Crippen molar-refractivity contribution in [3.05, 3.63) is 47.1 Å². The number of benzene rings is 1. The molecule has 0 fully saturated rings. The number of pyridine rings is 1. The summed E-state index contributed by atoms with van der Waals surface area (Å²) in [5.41, 5.74) is 10.8. The summed E-state index contributed by atoms with van der Waals surface area (Å²) in [6.45, 7) is 0. The Labute approximate surface area is 126 Å². The van der Waals surface area contributed by atoms with Crippen LogP contribution in [0.4, 0.5) is 11.5 Å². The number of anilines is 2. The number of nitrogens with zero attached hydrogens (tertiary/aromatic N) is 1. The normalized spacial score (nSPS) is 11.1. The highest BCUT2D eigenvalue weighted by Gasteiger charge is 2.19. The number of nitrogens with two attached hydrogens (primary N) is 2. The molecule has 0 spiro atoms. The number of carbonyl (C=O) groups excluding carboxylic acids is 1. The van der Waals surface area contributed by atoms with E-state index in [0.717, 1.165) is 0 Å². The number of hydrogen-bond donors (Lipinski definition) is 3. The van der Waals surface area contributed by atoms with Crippen molar-refractivity contribution in [2.24, 2.45) is 5.73 Å². The molecule has 0 aliphatic heterocycles. The highest BCUT2D eigenvalue weighted by molar-refractivity contribution is 7.92. The van der Waals surface area contributed by atoms with Gasteiger partial charge in [0.15, 0.2) is 0 Å². The Morgan fingerprint density at radius 1 is 1.24 bits per heavy atom. The van der Waals surface area contributed by atoms with Gasteiger partial charge in [0.05, 0.1) is 5.69 Å². The molecule has 21 heavy (non-hydrogen) atoms. The van der Waals surface area contributed by atoms with Gasteiger partial charge >= 0.3 is 0 Å². The summed E-state index contributed by atoms with van der Waals surface area (Å²) in [6, 6.07) is 6.53. The largest absolute Gasteiger partial charge is 0.398 e. The van der Waals surface area contributed by atoms with E-state index in [4.69, 9.17) is 23.1 Å². The first-order chi connectivity index (χ1) is 9.79. The maximum absolute atomic E-state index is 12.2. The van der Waals surface area contributed by atoms with Crippen molar-refractivity contribution in [3.8, 4) is 0 Å². The Kier molecular flexibility index (Phi) is 4.01. The monoisotopic (exact) mass is 326 g/mol. The molecule has 0 radical (unpaired) electrons. The number of hydrogen-bond acceptors (Lipinski definition) is 5. The van der Waals surface area contributed by atoms with Gasteiger partial charge in [0, 0.05) is 22.8 Å². The van der Waals surface area contributed by atoms with Crippen molar-refractivity contribution < 1.29 is 13.2 Å². The summed E-state index contributed by atoms with van der Waals surface area (Å²) in [4.78, 5) is 14.7. The first-order valence-electron chi connectivity index (χ1n) is 5.63. The molecule has 0 aliphatic rings. The van der Waals surface area contributed by atoms with E-state index in [-0.39, 0.29) is 22.0 Å². The van der Waals surface area contributed by atoms with E-state index >= 15 is 0 Å². The fourth-order valence-corrected chi connectivity index (χ4v) is 2.87. The van der Waals surface area contributed by atoms with Gasteiger partial charge < -0.3 is 11.5 Å². The molecule has 1 heterocycles. The summed E-state index contributed by atoms with van der Waals surface area (Å²) in [5.74, 6) is -0.643. The van der Waals surface area contributed by atoms with E-state index in [0.29, 0.717) is 5.02 Å².